The van der Waals surface area contributed by atoms with Crippen LogP contribution in [0.1, 0.15) is 30.1 Å². The van der Waals surface area contributed by atoms with Crippen LogP contribution in [0.2, 0.25) is 0 Å². The van der Waals surface area contributed by atoms with Crippen LogP contribution in [0.5, 0.6) is 5.75 Å². The van der Waals surface area contributed by atoms with Crippen molar-refractivity contribution in [3.8, 4) is 5.75 Å². The van der Waals surface area contributed by atoms with Crippen LogP contribution in [0.4, 0.5) is 11.5 Å². The predicted octanol–water partition coefficient (Wildman–Crippen LogP) is 3.11. The lowest BCUT2D eigenvalue weighted by Gasteiger charge is -2.32. The summed E-state index contributed by atoms with van der Waals surface area (Å²) in [5.41, 5.74) is 0.593. The molecule has 8 heteroatoms. The summed E-state index contributed by atoms with van der Waals surface area (Å²) in [7, 11) is 0. The third-order valence-corrected chi connectivity index (χ3v) is 4.52. The van der Waals surface area contributed by atoms with E-state index in [0.717, 1.165) is 5.75 Å². The number of nitrogens with zero attached hydrogens (tertiary/aromatic N) is 3. The molecule has 2 heterocycles. The summed E-state index contributed by atoms with van der Waals surface area (Å²) in [5.74, 6) is 1.01. The van der Waals surface area contributed by atoms with Gasteiger partial charge in [-0.2, -0.15) is 0 Å². The Bertz CT molecular complexity index is 802. The number of piperidine rings is 1. The molecule has 8 nitrogen and oxygen atoms in total. The van der Waals surface area contributed by atoms with Gasteiger partial charge in [0.15, 0.2) is 0 Å². The number of carbonyl (C=O) groups is 1. The van der Waals surface area contributed by atoms with Gasteiger partial charge in [-0.15, -0.1) is 0 Å². The fourth-order valence-corrected chi connectivity index (χ4v) is 3.12. The number of rotatable bonds is 6. The van der Waals surface area contributed by atoms with Crippen LogP contribution < -0.4 is 10.1 Å². The van der Waals surface area contributed by atoms with Gasteiger partial charge in [-0.25, -0.2) is 4.98 Å². The normalized spacial score (nSPS) is 14.6. The van der Waals surface area contributed by atoms with Crippen molar-refractivity contribution in [1.82, 2.24) is 9.88 Å². The molecule has 1 N–H and O–H groups in total. The second-order valence-electron chi connectivity index (χ2n) is 6.30. The summed E-state index contributed by atoms with van der Waals surface area (Å²) in [6.45, 7) is 3.67. The molecule has 1 aromatic carbocycles. The first kappa shape index (κ1) is 18.6. The van der Waals surface area contributed by atoms with Gasteiger partial charge in [0.05, 0.1) is 11.5 Å². The number of hydrogen-bond acceptors (Lipinski definition) is 6. The highest BCUT2D eigenvalue weighted by Crippen LogP contribution is 2.24. The molecular formula is C19H22N4O4. The minimum absolute atomic E-state index is 0.0136. The maximum atomic E-state index is 12.6. The van der Waals surface area contributed by atoms with Gasteiger partial charge in [-0.3, -0.25) is 14.9 Å². The number of carbonyl (C=O) groups excluding carboxylic acids is 1. The molecule has 3 rings (SSSR count). The summed E-state index contributed by atoms with van der Waals surface area (Å²) in [4.78, 5) is 29.2. The van der Waals surface area contributed by atoms with Crippen LogP contribution >= 0.6 is 0 Å². The summed E-state index contributed by atoms with van der Waals surface area (Å²) in [6, 6.07) is 10.2. The molecule has 0 spiro atoms. The Morgan fingerprint density at radius 2 is 2.00 bits per heavy atom. The lowest BCUT2D eigenvalue weighted by atomic mass is 10.0. The zero-order valence-corrected chi connectivity index (χ0v) is 15.1. The van der Waals surface area contributed by atoms with Crippen LogP contribution in [0.15, 0.2) is 42.6 Å². The highest BCUT2D eigenvalue weighted by Gasteiger charge is 2.25. The number of anilines is 1. The number of nitro groups is 1. The van der Waals surface area contributed by atoms with Crippen LogP contribution in [-0.2, 0) is 0 Å². The number of pyridine rings is 1. The lowest BCUT2D eigenvalue weighted by Crippen LogP contribution is -2.42. The molecule has 0 atom stereocenters. The molecule has 1 aliphatic heterocycles. The van der Waals surface area contributed by atoms with Crippen molar-refractivity contribution in [3.63, 3.8) is 0 Å². The van der Waals surface area contributed by atoms with E-state index in [0.29, 0.717) is 38.1 Å². The molecule has 1 fully saturated rings. The predicted molar refractivity (Wildman–Crippen MR) is 101 cm³/mol. The maximum absolute atomic E-state index is 12.6. The van der Waals surface area contributed by atoms with Crippen LogP contribution in [0, 0.1) is 10.1 Å². The topological polar surface area (TPSA) is 97.6 Å². The monoisotopic (exact) mass is 370 g/mol. The number of amides is 1. The van der Waals surface area contributed by atoms with Gasteiger partial charge in [0.25, 0.3) is 5.91 Å². The Labute approximate surface area is 157 Å². The summed E-state index contributed by atoms with van der Waals surface area (Å²) in [6.07, 6.45) is 2.94. The van der Waals surface area contributed by atoms with Crippen LogP contribution in [-0.4, -0.2) is 46.5 Å². The Balaban J connectivity index is 1.57. The fourth-order valence-electron chi connectivity index (χ4n) is 3.12. The molecule has 142 valence electrons. The third kappa shape index (κ3) is 4.52. The molecule has 1 amide bonds. The molecule has 0 bridgehead atoms. The zero-order valence-electron chi connectivity index (χ0n) is 15.1. The van der Waals surface area contributed by atoms with Crippen molar-refractivity contribution in [2.24, 2.45) is 0 Å². The molecule has 0 unspecified atom stereocenters. The van der Waals surface area contributed by atoms with Crippen molar-refractivity contribution in [2.75, 3.05) is 25.0 Å². The first-order valence-electron chi connectivity index (χ1n) is 8.96. The highest BCUT2D eigenvalue weighted by molar-refractivity contribution is 5.94. The van der Waals surface area contributed by atoms with E-state index in [-0.39, 0.29) is 23.5 Å². The van der Waals surface area contributed by atoms with E-state index in [1.54, 1.807) is 35.2 Å². The second-order valence-corrected chi connectivity index (χ2v) is 6.30. The Morgan fingerprint density at radius 1 is 1.30 bits per heavy atom. The summed E-state index contributed by atoms with van der Waals surface area (Å²) in [5, 5.41) is 14.2. The molecular weight excluding hydrogens is 348 g/mol. The van der Waals surface area contributed by atoms with Crippen molar-refractivity contribution < 1.29 is 14.5 Å². The molecule has 1 aromatic heterocycles. The van der Waals surface area contributed by atoms with E-state index in [1.165, 1.54) is 12.3 Å². The van der Waals surface area contributed by atoms with Crippen molar-refractivity contribution in [2.45, 2.75) is 25.8 Å². The Kier molecular flexibility index (Phi) is 5.85. The van der Waals surface area contributed by atoms with Gasteiger partial charge in [-0.1, -0.05) is 0 Å². The molecule has 27 heavy (non-hydrogen) atoms. The van der Waals surface area contributed by atoms with Gasteiger partial charge in [0, 0.05) is 37.0 Å². The fraction of sp³-hybridized carbons (Fsp3) is 0.368. The van der Waals surface area contributed by atoms with Gasteiger partial charge in [0.2, 0.25) is 5.82 Å². The lowest BCUT2D eigenvalue weighted by molar-refractivity contribution is -0.384. The number of aromatic nitrogens is 1. The average Bonchev–Trinajstić information content (AvgIpc) is 2.69. The first-order valence-corrected chi connectivity index (χ1v) is 8.96. The molecule has 2 aromatic rings. The van der Waals surface area contributed by atoms with E-state index in [2.05, 4.69) is 10.3 Å². The molecule has 0 aliphatic carbocycles. The van der Waals surface area contributed by atoms with Gasteiger partial charge < -0.3 is 15.0 Å². The number of benzene rings is 1. The molecule has 1 saturated heterocycles. The standard InChI is InChI=1S/C19H22N4O4/c1-2-27-16-7-5-14(6-8-16)19(24)22-12-9-15(10-13-22)21-18-17(23(25)26)4-3-11-20-18/h3-8,11,15H,2,9-10,12-13H2,1H3,(H,20,21). The van der Waals surface area contributed by atoms with Crippen LogP contribution in [0.3, 0.4) is 0 Å². The highest BCUT2D eigenvalue weighted by atomic mass is 16.6. The Hall–Kier alpha value is -3.16. The van der Waals surface area contributed by atoms with Crippen molar-refractivity contribution in [3.05, 3.63) is 58.3 Å². The van der Waals surface area contributed by atoms with E-state index in [4.69, 9.17) is 4.74 Å². The van der Waals surface area contributed by atoms with Crippen molar-refractivity contribution in [1.29, 1.82) is 0 Å². The molecule has 0 saturated carbocycles. The SMILES string of the molecule is CCOc1ccc(C(=O)N2CCC(Nc3ncccc3[N+](=O)[O-])CC2)cc1. The number of likely N-dealkylation sites (tertiary alicyclic amines) is 1. The minimum Gasteiger partial charge on any atom is -0.494 e. The number of hydrogen-bond donors (Lipinski definition) is 1. The summed E-state index contributed by atoms with van der Waals surface area (Å²) < 4.78 is 5.40. The van der Waals surface area contributed by atoms with E-state index in [1.807, 2.05) is 6.92 Å². The van der Waals surface area contributed by atoms with Gasteiger partial charge >= 0.3 is 5.69 Å². The van der Waals surface area contributed by atoms with Gasteiger partial charge in [0.1, 0.15) is 5.75 Å². The van der Waals surface area contributed by atoms with Crippen molar-refractivity contribution >= 4 is 17.4 Å². The average molecular weight is 370 g/mol. The number of nitrogens with one attached hydrogen (secondary N) is 1. The number of ether oxygens (including phenoxy) is 1. The Morgan fingerprint density at radius 3 is 2.63 bits per heavy atom. The minimum atomic E-state index is -0.445. The van der Waals surface area contributed by atoms with Gasteiger partial charge in [-0.05, 0) is 50.1 Å². The smallest absolute Gasteiger partial charge is 0.311 e. The van der Waals surface area contributed by atoms with E-state index in [9.17, 15) is 14.9 Å². The zero-order chi connectivity index (χ0) is 19.2. The third-order valence-electron chi connectivity index (χ3n) is 4.52. The first-order chi connectivity index (χ1) is 13.1. The van der Waals surface area contributed by atoms with Crippen LogP contribution in [0.25, 0.3) is 0 Å². The van der Waals surface area contributed by atoms with E-state index < -0.39 is 4.92 Å². The quantitative estimate of drug-likeness (QED) is 0.620. The maximum Gasteiger partial charge on any atom is 0.311 e. The summed E-state index contributed by atoms with van der Waals surface area (Å²) >= 11 is 0. The molecule has 0 radical (unpaired) electrons. The second kappa shape index (κ2) is 8.48. The molecule has 1 aliphatic rings. The van der Waals surface area contributed by atoms with E-state index >= 15 is 0 Å². The largest absolute Gasteiger partial charge is 0.494 e.